The lowest BCUT2D eigenvalue weighted by Gasteiger charge is -2.30. The molecule has 1 aromatic rings. The van der Waals surface area contributed by atoms with Crippen LogP contribution in [-0.4, -0.2) is 43.3 Å². The van der Waals surface area contributed by atoms with E-state index in [0.717, 1.165) is 12.1 Å². The molecule has 0 aliphatic carbocycles. The predicted molar refractivity (Wildman–Crippen MR) is 66.4 cm³/mol. The van der Waals surface area contributed by atoms with Crippen LogP contribution in [0.3, 0.4) is 0 Å². The Labute approximate surface area is 109 Å². The summed E-state index contributed by atoms with van der Waals surface area (Å²) < 4.78 is 38.7. The van der Waals surface area contributed by atoms with Crippen molar-refractivity contribution in [1.82, 2.24) is 5.32 Å². The lowest BCUT2D eigenvalue weighted by Crippen LogP contribution is -2.44. The lowest BCUT2D eigenvalue weighted by molar-refractivity contribution is -0.136. The van der Waals surface area contributed by atoms with E-state index in [0.29, 0.717) is 31.9 Å². The Kier molecular flexibility index (Phi) is 4.03. The van der Waals surface area contributed by atoms with E-state index >= 15 is 0 Å². The third-order valence-corrected chi connectivity index (χ3v) is 3.10. The van der Waals surface area contributed by atoms with Crippen LogP contribution in [0.5, 0.6) is 0 Å². The first kappa shape index (κ1) is 14.2. The highest BCUT2D eigenvalue weighted by molar-refractivity contribution is 6.59. The van der Waals surface area contributed by atoms with Gasteiger partial charge in [-0.2, -0.15) is 13.2 Å². The smallest absolute Gasteiger partial charge is 0.423 e. The van der Waals surface area contributed by atoms with Crippen molar-refractivity contribution < 1.29 is 23.2 Å². The van der Waals surface area contributed by atoms with Crippen molar-refractivity contribution in [3.05, 3.63) is 23.8 Å². The van der Waals surface area contributed by atoms with E-state index in [1.54, 1.807) is 0 Å². The molecule has 3 N–H and O–H groups in total. The van der Waals surface area contributed by atoms with Gasteiger partial charge in [0, 0.05) is 31.9 Å². The first-order valence-electron chi connectivity index (χ1n) is 5.92. The van der Waals surface area contributed by atoms with E-state index in [-0.39, 0.29) is 0 Å². The van der Waals surface area contributed by atoms with Gasteiger partial charge in [-0.15, -0.1) is 0 Å². The van der Waals surface area contributed by atoms with Crippen molar-refractivity contribution in [3.8, 4) is 0 Å². The van der Waals surface area contributed by atoms with Gasteiger partial charge in [0.1, 0.15) is 0 Å². The Balaban J connectivity index is 2.37. The van der Waals surface area contributed by atoms with E-state index in [1.165, 1.54) is 6.07 Å². The van der Waals surface area contributed by atoms with Crippen LogP contribution in [0, 0.1) is 0 Å². The van der Waals surface area contributed by atoms with E-state index in [2.05, 4.69) is 5.32 Å². The van der Waals surface area contributed by atoms with E-state index in [4.69, 9.17) is 10.0 Å². The second-order valence-electron chi connectivity index (χ2n) is 4.38. The largest absolute Gasteiger partial charge is 0.489 e. The second-order valence-corrected chi connectivity index (χ2v) is 4.38. The van der Waals surface area contributed by atoms with Crippen LogP contribution in [0.25, 0.3) is 0 Å². The number of anilines is 1. The third-order valence-electron chi connectivity index (χ3n) is 3.10. The summed E-state index contributed by atoms with van der Waals surface area (Å²) in [6.07, 6.45) is -4.61. The maximum absolute atomic E-state index is 12.9. The molecule has 1 saturated heterocycles. The molecule has 19 heavy (non-hydrogen) atoms. The number of halogens is 3. The summed E-state index contributed by atoms with van der Waals surface area (Å²) in [5, 5.41) is 21.1. The van der Waals surface area contributed by atoms with Crippen molar-refractivity contribution in [3.63, 3.8) is 0 Å². The third kappa shape index (κ3) is 3.20. The van der Waals surface area contributed by atoms with Gasteiger partial charge in [-0.1, -0.05) is 6.07 Å². The Morgan fingerprint density at radius 2 is 1.79 bits per heavy atom. The van der Waals surface area contributed by atoms with Crippen molar-refractivity contribution in [2.24, 2.45) is 0 Å². The maximum atomic E-state index is 12.9. The maximum Gasteiger partial charge on any atom is 0.489 e. The Morgan fingerprint density at radius 3 is 2.32 bits per heavy atom. The Bertz CT molecular complexity index is 448. The SMILES string of the molecule is OB(O)c1ccc(N2CCNCC2)cc1C(F)(F)F. The number of benzene rings is 1. The molecule has 0 bridgehead atoms. The average molecular weight is 274 g/mol. The molecule has 4 nitrogen and oxygen atoms in total. The molecular weight excluding hydrogens is 260 g/mol. The molecule has 0 radical (unpaired) electrons. The molecule has 0 amide bonds. The highest BCUT2D eigenvalue weighted by Gasteiger charge is 2.36. The second kappa shape index (κ2) is 5.40. The highest BCUT2D eigenvalue weighted by atomic mass is 19.4. The monoisotopic (exact) mass is 274 g/mol. The van der Waals surface area contributed by atoms with Gasteiger partial charge < -0.3 is 20.3 Å². The zero-order chi connectivity index (χ0) is 14.0. The molecule has 0 aromatic heterocycles. The minimum atomic E-state index is -4.61. The molecular formula is C11H14BF3N2O2. The molecule has 1 aliphatic rings. The fraction of sp³-hybridized carbons (Fsp3) is 0.455. The van der Waals surface area contributed by atoms with Gasteiger partial charge in [0.2, 0.25) is 0 Å². The molecule has 0 unspecified atom stereocenters. The number of nitrogens with zero attached hydrogens (tertiary/aromatic N) is 1. The van der Waals surface area contributed by atoms with E-state index < -0.39 is 24.3 Å². The quantitative estimate of drug-likeness (QED) is 0.653. The average Bonchev–Trinajstić information content (AvgIpc) is 2.38. The van der Waals surface area contributed by atoms with Gasteiger partial charge in [0.15, 0.2) is 0 Å². The van der Waals surface area contributed by atoms with Crippen molar-refractivity contribution in [1.29, 1.82) is 0 Å². The van der Waals surface area contributed by atoms with Crippen LogP contribution in [0.15, 0.2) is 18.2 Å². The number of hydrogen-bond donors (Lipinski definition) is 3. The summed E-state index contributed by atoms with van der Waals surface area (Å²) >= 11 is 0. The van der Waals surface area contributed by atoms with Gasteiger partial charge >= 0.3 is 13.3 Å². The van der Waals surface area contributed by atoms with Crippen LogP contribution in [-0.2, 0) is 6.18 Å². The normalized spacial score (nSPS) is 16.6. The number of piperazine rings is 1. The minimum absolute atomic E-state index is 0.443. The first-order valence-corrected chi connectivity index (χ1v) is 5.92. The molecule has 1 fully saturated rings. The molecule has 104 valence electrons. The van der Waals surface area contributed by atoms with Crippen LogP contribution < -0.4 is 15.7 Å². The van der Waals surface area contributed by atoms with Crippen LogP contribution >= 0.6 is 0 Å². The van der Waals surface area contributed by atoms with Crippen LogP contribution in [0.1, 0.15) is 5.56 Å². The lowest BCUT2D eigenvalue weighted by atomic mass is 9.76. The number of nitrogens with one attached hydrogen (secondary N) is 1. The van der Waals surface area contributed by atoms with Crippen molar-refractivity contribution >= 4 is 18.3 Å². The summed E-state index contributed by atoms with van der Waals surface area (Å²) in [7, 11) is -2.13. The first-order chi connectivity index (χ1) is 8.89. The van der Waals surface area contributed by atoms with Gasteiger partial charge in [0.05, 0.1) is 5.56 Å². The van der Waals surface area contributed by atoms with Gasteiger partial charge in [-0.3, -0.25) is 0 Å². The predicted octanol–water partition coefficient (Wildman–Crippen LogP) is -0.205. The van der Waals surface area contributed by atoms with Crippen molar-refractivity contribution in [2.75, 3.05) is 31.1 Å². The summed E-state index contributed by atoms with van der Waals surface area (Å²) in [6.45, 7) is 2.67. The zero-order valence-corrected chi connectivity index (χ0v) is 10.1. The zero-order valence-electron chi connectivity index (χ0n) is 10.1. The topological polar surface area (TPSA) is 55.7 Å². The molecule has 8 heteroatoms. The van der Waals surface area contributed by atoms with E-state index in [9.17, 15) is 13.2 Å². The van der Waals surface area contributed by atoms with Gasteiger partial charge in [0.25, 0.3) is 0 Å². The fourth-order valence-electron chi connectivity index (χ4n) is 2.13. The molecule has 0 atom stereocenters. The Morgan fingerprint density at radius 1 is 1.16 bits per heavy atom. The molecule has 1 aliphatic heterocycles. The molecule has 0 spiro atoms. The molecule has 0 saturated carbocycles. The minimum Gasteiger partial charge on any atom is -0.423 e. The van der Waals surface area contributed by atoms with Gasteiger partial charge in [-0.05, 0) is 17.6 Å². The van der Waals surface area contributed by atoms with E-state index in [1.807, 2.05) is 4.90 Å². The van der Waals surface area contributed by atoms with Crippen LogP contribution in [0.2, 0.25) is 0 Å². The number of rotatable bonds is 2. The number of hydrogen-bond acceptors (Lipinski definition) is 4. The fourth-order valence-corrected chi connectivity index (χ4v) is 2.13. The highest BCUT2D eigenvalue weighted by Crippen LogP contribution is 2.30. The molecule has 1 heterocycles. The molecule has 2 rings (SSSR count). The van der Waals surface area contributed by atoms with Gasteiger partial charge in [-0.25, -0.2) is 0 Å². The summed E-state index contributed by atoms with van der Waals surface area (Å²) in [4.78, 5) is 1.83. The summed E-state index contributed by atoms with van der Waals surface area (Å²) in [5.74, 6) is 0. The van der Waals surface area contributed by atoms with Crippen LogP contribution in [0.4, 0.5) is 18.9 Å². The number of alkyl halides is 3. The van der Waals surface area contributed by atoms with Crippen molar-refractivity contribution in [2.45, 2.75) is 6.18 Å². The Hall–Kier alpha value is -1.25. The standard InChI is InChI=1S/C11H14BF3N2O2/c13-11(14,15)9-7-8(1-2-10(9)12(18)19)17-5-3-16-4-6-17/h1-2,7,16,18-19H,3-6H2. The summed E-state index contributed by atoms with van der Waals surface area (Å²) in [5.41, 5.74) is -1.08. The molecule has 1 aromatic carbocycles. The summed E-state index contributed by atoms with van der Waals surface area (Å²) in [6, 6.07) is 3.57.